The van der Waals surface area contributed by atoms with Gasteiger partial charge in [-0.05, 0) is 23.8 Å². The lowest BCUT2D eigenvalue weighted by Crippen LogP contribution is -2.46. The monoisotopic (exact) mass is 383 g/mol. The number of amides is 3. The third-order valence-electron chi connectivity index (χ3n) is 3.58. The first-order chi connectivity index (χ1) is 13.5. The summed E-state index contributed by atoms with van der Waals surface area (Å²) >= 11 is 0. The summed E-state index contributed by atoms with van der Waals surface area (Å²) < 4.78 is 10.2. The van der Waals surface area contributed by atoms with Gasteiger partial charge in [0.1, 0.15) is 11.5 Å². The van der Waals surface area contributed by atoms with E-state index in [1.807, 2.05) is 30.3 Å². The lowest BCUT2D eigenvalue weighted by Gasteiger charge is -2.10. The molecule has 0 saturated carbocycles. The average Bonchev–Trinajstić information content (AvgIpc) is 2.74. The summed E-state index contributed by atoms with van der Waals surface area (Å²) in [6, 6.07) is 13.9. The zero-order chi connectivity index (χ0) is 20.4. The number of hydrazine groups is 1. The van der Waals surface area contributed by atoms with Gasteiger partial charge in [-0.15, -0.1) is 0 Å². The molecule has 0 atom stereocenters. The van der Waals surface area contributed by atoms with Gasteiger partial charge in [-0.25, -0.2) is 0 Å². The summed E-state index contributed by atoms with van der Waals surface area (Å²) in [5.41, 5.74) is 5.60. The van der Waals surface area contributed by atoms with Crippen molar-refractivity contribution in [1.29, 1.82) is 0 Å². The van der Waals surface area contributed by atoms with Gasteiger partial charge in [0.15, 0.2) is 0 Å². The highest BCUT2D eigenvalue weighted by Gasteiger charge is 2.11. The molecule has 3 amide bonds. The van der Waals surface area contributed by atoms with Crippen LogP contribution in [0, 0.1) is 0 Å². The standard InChI is InChI=1S/C20H21N3O5/c1-27-16-10-15(11-17(12-16)28-2)20(26)23-22-19(25)13-21-18(24)9-8-14-6-4-3-5-7-14/h3-12H,13H2,1-2H3,(H,21,24)(H,22,25)(H,23,26)/b9-8+. The molecule has 0 fully saturated rings. The van der Waals surface area contributed by atoms with Crippen molar-refractivity contribution in [3.63, 3.8) is 0 Å². The summed E-state index contributed by atoms with van der Waals surface area (Å²) in [5.74, 6) is -0.685. The maximum Gasteiger partial charge on any atom is 0.269 e. The lowest BCUT2D eigenvalue weighted by atomic mass is 10.2. The second-order valence-corrected chi connectivity index (χ2v) is 5.57. The third-order valence-corrected chi connectivity index (χ3v) is 3.58. The Bertz CT molecular complexity index is 843. The van der Waals surface area contributed by atoms with E-state index in [2.05, 4.69) is 16.2 Å². The van der Waals surface area contributed by atoms with E-state index < -0.39 is 17.7 Å². The molecule has 28 heavy (non-hydrogen) atoms. The van der Waals surface area contributed by atoms with Gasteiger partial charge in [0.25, 0.3) is 11.8 Å². The molecule has 0 bridgehead atoms. The van der Waals surface area contributed by atoms with Gasteiger partial charge >= 0.3 is 0 Å². The molecule has 0 radical (unpaired) electrons. The van der Waals surface area contributed by atoms with Crippen LogP contribution in [-0.2, 0) is 9.59 Å². The van der Waals surface area contributed by atoms with Crippen LogP contribution in [0.5, 0.6) is 11.5 Å². The van der Waals surface area contributed by atoms with E-state index >= 15 is 0 Å². The van der Waals surface area contributed by atoms with Gasteiger partial charge in [0.05, 0.1) is 20.8 Å². The average molecular weight is 383 g/mol. The van der Waals surface area contributed by atoms with Crippen LogP contribution < -0.4 is 25.6 Å². The number of carbonyl (C=O) groups is 3. The molecule has 8 nitrogen and oxygen atoms in total. The predicted octanol–water partition coefficient (Wildman–Crippen LogP) is 1.29. The maximum atomic E-state index is 12.1. The summed E-state index contributed by atoms with van der Waals surface area (Å²) in [5, 5.41) is 2.42. The van der Waals surface area contributed by atoms with E-state index in [0.29, 0.717) is 11.5 Å². The Hall–Kier alpha value is -3.81. The highest BCUT2D eigenvalue weighted by atomic mass is 16.5. The zero-order valence-corrected chi connectivity index (χ0v) is 15.5. The number of nitrogens with one attached hydrogen (secondary N) is 3. The lowest BCUT2D eigenvalue weighted by molar-refractivity contribution is -0.124. The number of hydrogen-bond donors (Lipinski definition) is 3. The SMILES string of the molecule is COc1cc(OC)cc(C(=O)NNC(=O)CNC(=O)/C=C/c2ccccc2)c1. The fraction of sp³-hybridized carbons (Fsp3) is 0.150. The van der Waals surface area contributed by atoms with Crippen LogP contribution in [0.25, 0.3) is 6.08 Å². The van der Waals surface area contributed by atoms with Gasteiger partial charge in [-0.1, -0.05) is 30.3 Å². The summed E-state index contributed by atoms with van der Waals surface area (Å²) in [6.45, 7) is -0.292. The molecule has 3 N–H and O–H groups in total. The van der Waals surface area contributed by atoms with E-state index in [0.717, 1.165) is 5.56 Å². The Kier molecular flexibility index (Phi) is 7.59. The fourth-order valence-corrected chi connectivity index (χ4v) is 2.14. The van der Waals surface area contributed by atoms with Gasteiger partial charge < -0.3 is 14.8 Å². The second kappa shape index (κ2) is 10.4. The highest BCUT2D eigenvalue weighted by molar-refractivity contribution is 5.97. The topological polar surface area (TPSA) is 106 Å². The molecule has 0 heterocycles. The Morgan fingerprint density at radius 1 is 0.929 bits per heavy atom. The molecule has 0 spiro atoms. The van der Waals surface area contributed by atoms with Gasteiger partial charge in [-0.2, -0.15) is 0 Å². The van der Waals surface area contributed by atoms with Crippen molar-refractivity contribution < 1.29 is 23.9 Å². The molecule has 0 aromatic heterocycles. The van der Waals surface area contributed by atoms with Crippen molar-refractivity contribution in [2.45, 2.75) is 0 Å². The molecular weight excluding hydrogens is 362 g/mol. The third kappa shape index (κ3) is 6.49. The van der Waals surface area contributed by atoms with Gasteiger partial charge in [0.2, 0.25) is 5.91 Å². The minimum atomic E-state index is -0.579. The van der Waals surface area contributed by atoms with Crippen LogP contribution in [-0.4, -0.2) is 38.5 Å². The van der Waals surface area contributed by atoms with Crippen molar-refractivity contribution >= 4 is 23.8 Å². The highest BCUT2D eigenvalue weighted by Crippen LogP contribution is 2.22. The van der Waals surface area contributed by atoms with Crippen LogP contribution in [0.4, 0.5) is 0 Å². The molecule has 0 aliphatic carbocycles. The van der Waals surface area contributed by atoms with Gasteiger partial charge in [0, 0.05) is 17.7 Å². The first-order valence-electron chi connectivity index (χ1n) is 8.35. The minimum Gasteiger partial charge on any atom is -0.497 e. The van der Waals surface area contributed by atoms with Crippen LogP contribution in [0.15, 0.2) is 54.6 Å². The number of benzene rings is 2. The number of ether oxygens (including phenoxy) is 2. The van der Waals surface area contributed by atoms with Gasteiger partial charge in [-0.3, -0.25) is 25.2 Å². The predicted molar refractivity (Wildman–Crippen MR) is 104 cm³/mol. The van der Waals surface area contributed by atoms with Crippen LogP contribution in [0.2, 0.25) is 0 Å². The van der Waals surface area contributed by atoms with Crippen molar-refractivity contribution in [1.82, 2.24) is 16.2 Å². The Morgan fingerprint density at radius 3 is 2.18 bits per heavy atom. The number of hydrogen-bond acceptors (Lipinski definition) is 5. The normalized spacial score (nSPS) is 10.2. The molecule has 2 rings (SSSR count). The first-order valence-corrected chi connectivity index (χ1v) is 8.35. The van der Waals surface area contributed by atoms with Crippen molar-refractivity contribution in [3.05, 3.63) is 65.7 Å². The molecule has 8 heteroatoms. The number of rotatable bonds is 7. The van der Waals surface area contributed by atoms with Crippen molar-refractivity contribution in [2.24, 2.45) is 0 Å². The molecule has 2 aromatic rings. The van der Waals surface area contributed by atoms with E-state index in [4.69, 9.17) is 9.47 Å². The Labute approximate surface area is 162 Å². The van der Waals surface area contributed by atoms with E-state index in [9.17, 15) is 14.4 Å². The van der Waals surface area contributed by atoms with Crippen LogP contribution in [0.3, 0.4) is 0 Å². The Balaban J connectivity index is 1.79. The second-order valence-electron chi connectivity index (χ2n) is 5.57. The Morgan fingerprint density at radius 2 is 1.57 bits per heavy atom. The van der Waals surface area contributed by atoms with E-state index in [1.165, 1.54) is 32.4 Å². The largest absolute Gasteiger partial charge is 0.497 e. The molecule has 0 unspecified atom stereocenters. The molecule has 2 aromatic carbocycles. The maximum absolute atomic E-state index is 12.1. The van der Waals surface area contributed by atoms with Crippen LogP contribution >= 0.6 is 0 Å². The molecule has 0 aliphatic rings. The summed E-state index contributed by atoms with van der Waals surface area (Å²) in [4.78, 5) is 35.7. The molecule has 0 saturated heterocycles. The zero-order valence-electron chi connectivity index (χ0n) is 15.5. The quantitative estimate of drug-likeness (QED) is 0.494. The van der Waals surface area contributed by atoms with E-state index in [1.54, 1.807) is 12.1 Å². The molecule has 0 aliphatic heterocycles. The van der Waals surface area contributed by atoms with Crippen LogP contribution in [0.1, 0.15) is 15.9 Å². The minimum absolute atomic E-state index is 0.242. The molecular formula is C20H21N3O5. The fourth-order valence-electron chi connectivity index (χ4n) is 2.14. The first kappa shape index (κ1) is 20.5. The van der Waals surface area contributed by atoms with E-state index in [-0.39, 0.29) is 12.1 Å². The number of methoxy groups -OCH3 is 2. The number of carbonyl (C=O) groups excluding carboxylic acids is 3. The smallest absolute Gasteiger partial charge is 0.269 e. The summed E-state index contributed by atoms with van der Waals surface area (Å²) in [7, 11) is 2.93. The molecule has 146 valence electrons. The summed E-state index contributed by atoms with van der Waals surface area (Å²) in [6.07, 6.45) is 2.95. The van der Waals surface area contributed by atoms with Crippen molar-refractivity contribution in [2.75, 3.05) is 20.8 Å². The van der Waals surface area contributed by atoms with Crippen molar-refractivity contribution in [3.8, 4) is 11.5 Å².